The Morgan fingerprint density at radius 1 is 1.47 bits per heavy atom. The van der Waals surface area contributed by atoms with Crippen molar-refractivity contribution in [1.82, 2.24) is 5.32 Å². The Bertz CT molecular complexity index is 441. The number of benzene rings is 1. The van der Waals surface area contributed by atoms with Crippen molar-refractivity contribution >= 4 is 5.91 Å². The summed E-state index contributed by atoms with van der Waals surface area (Å²) in [5, 5.41) is 2.87. The maximum absolute atomic E-state index is 11.4. The van der Waals surface area contributed by atoms with Crippen LogP contribution in [-0.2, 0) is 11.3 Å². The minimum absolute atomic E-state index is 0.00946. The monoisotopic (exact) mass is 230 g/mol. The first-order chi connectivity index (χ1) is 8.13. The molecule has 0 spiro atoms. The molecule has 0 saturated carbocycles. The Kier molecular flexibility index (Phi) is 5.25. The van der Waals surface area contributed by atoms with Gasteiger partial charge in [0.25, 0.3) is 0 Å². The molecule has 1 aromatic rings. The van der Waals surface area contributed by atoms with E-state index in [1.165, 1.54) is 0 Å². The number of nitrogens with one attached hydrogen (secondary N) is 1. The van der Waals surface area contributed by atoms with Crippen LogP contribution in [0.3, 0.4) is 0 Å². The third-order valence-electron chi connectivity index (χ3n) is 2.25. The first-order valence-corrected chi connectivity index (χ1v) is 5.69. The van der Waals surface area contributed by atoms with Gasteiger partial charge in [-0.1, -0.05) is 37.8 Å². The lowest BCUT2D eigenvalue weighted by atomic mass is 10.1. The lowest BCUT2D eigenvalue weighted by Crippen LogP contribution is -2.27. The Balaban J connectivity index is 2.63. The van der Waals surface area contributed by atoms with E-state index in [1.54, 1.807) is 0 Å². The average molecular weight is 230 g/mol. The molecule has 1 aromatic carbocycles. The molecule has 0 atom stereocenters. The summed E-state index contributed by atoms with van der Waals surface area (Å²) in [6.07, 6.45) is 0. The summed E-state index contributed by atoms with van der Waals surface area (Å²) in [6.45, 7) is 4.64. The zero-order valence-electron chi connectivity index (χ0n) is 10.3. The van der Waals surface area contributed by atoms with Crippen LogP contribution in [-0.4, -0.2) is 12.5 Å². The Labute approximate surface area is 102 Å². The lowest BCUT2D eigenvalue weighted by molar-refractivity contribution is -0.124. The zero-order chi connectivity index (χ0) is 12.7. The zero-order valence-corrected chi connectivity index (χ0v) is 10.3. The molecule has 90 valence electrons. The summed E-state index contributed by atoms with van der Waals surface area (Å²) < 4.78 is 0. The van der Waals surface area contributed by atoms with Gasteiger partial charge in [0.05, 0.1) is 6.54 Å². The van der Waals surface area contributed by atoms with Crippen LogP contribution in [0.4, 0.5) is 0 Å². The van der Waals surface area contributed by atoms with Gasteiger partial charge in [0.1, 0.15) is 0 Å². The number of rotatable bonds is 3. The Morgan fingerprint density at radius 2 is 2.24 bits per heavy atom. The molecule has 17 heavy (non-hydrogen) atoms. The fraction of sp³-hybridized carbons (Fsp3) is 0.357. The van der Waals surface area contributed by atoms with E-state index in [2.05, 4.69) is 17.2 Å². The predicted octanol–water partition coefficient (Wildman–Crippen LogP) is 1.27. The molecule has 0 aliphatic heterocycles. The summed E-state index contributed by atoms with van der Waals surface area (Å²) in [5.41, 5.74) is 7.28. The Morgan fingerprint density at radius 3 is 2.88 bits per heavy atom. The molecule has 0 aliphatic carbocycles. The van der Waals surface area contributed by atoms with Crippen molar-refractivity contribution in [3.63, 3.8) is 0 Å². The van der Waals surface area contributed by atoms with Crippen LogP contribution in [0.2, 0.25) is 0 Å². The van der Waals surface area contributed by atoms with Gasteiger partial charge in [-0.2, -0.15) is 0 Å². The van der Waals surface area contributed by atoms with E-state index in [4.69, 9.17) is 5.73 Å². The summed E-state index contributed by atoms with van der Waals surface area (Å²) in [6, 6.07) is 7.78. The van der Waals surface area contributed by atoms with Crippen LogP contribution in [0.25, 0.3) is 0 Å². The summed E-state index contributed by atoms with van der Waals surface area (Å²) in [4.78, 5) is 11.4. The summed E-state index contributed by atoms with van der Waals surface area (Å²) >= 11 is 0. The molecule has 0 aliphatic rings. The number of hydrogen-bond acceptors (Lipinski definition) is 2. The fourth-order valence-corrected chi connectivity index (χ4v) is 1.31. The summed E-state index contributed by atoms with van der Waals surface area (Å²) in [5.74, 6) is 5.84. The normalized spacial score (nSPS) is 9.65. The second-order valence-electron chi connectivity index (χ2n) is 4.08. The van der Waals surface area contributed by atoms with E-state index in [0.717, 1.165) is 11.1 Å². The van der Waals surface area contributed by atoms with Crippen molar-refractivity contribution in [3.8, 4) is 11.8 Å². The van der Waals surface area contributed by atoms with Crippen LogP contribution < -0.4 is 11.1 Å². The van der Waals surface area contributed by atoms with Gasteiger partial charge in [-0.3, -0.25) is 4.79 Å². The maximum Gasteiger partial charge on any atom is 0.222 e. The van der Waals surface area contributed by atoms with Crippen LogP contribution in [0.15, 0.2) is 24.3 Å². The van der Waals surface area contributed by atoms with Gasteiger partial charge in [-0.25, -0.2) is 0 Å². The Hall–Kier alpha value is -1.79. The van der Waals surface area contributed by atoms with Gasteiger partial charge in [-0.15, -0.1) is 0 Å². The molecule has 1 rings (SSSR count). The standard InChI is InChI=1S/C14H18N2O/c1-11(2)14(17)16-10-13-6-3-5-12(9-13)7-4-8-15/h3,5-6,9,11H,8,10,15H2,1-2H3,(H,16,17). The average Bonchev–Trinajstić information content (AvgIpc) is 2.33. The minimum atomic E-state index is 0.00946. The smallest absolute Gasteiger partial charge is 0.222 e. The van der Waals surface area contributed by atoms with E-state index in [9.17, 15) is 4.79 Å². The number of amides is 1. The van der Waals surface area contributed by atoms with Gasteiger partial charge >= 0.3 is 0 Å². The van der Waals surface area contributed by atoms with Crippen molar-refractivity contribution in [1.29, 1.82) is 0 Å². The van der Waals surface area contributed by atoms with Crippen LogP contribution in [0.5, 0.6) is 0 Å². The van der Waals surface area contributed by atoms with Gasteiger partial charge in [0, 0.05) is 18.0 Å². The fourth-order valence-electron chi connectivity index (χ4n) is 1.31. The highest BCUT2D eigenvalue weighted by Gasteiger charge is 2.05. The van der Waals surface area contributed by atoms with Crippen LogP contribution >= 0.6 is 0 Å². The molecule has 3 N–H and O–H groups in total. The predicted molar refractivity (Wildman–Crippen MR) is 69.1 cm³/mol. The molecule has 0 heterocycles. The molecule has 0 bridgehead atoms. The molecular formula is C14H18N2O. The van der Waals surface area contributed by atoms with E-state index in [1.807, 2.05) is 38.1 Å². The molecule has 0 radical (unpaired) electrons. The van der Waals surface area contributed by atoms with Gasteiger partial charge in [-0.05, 0) is 17.7 Å². The lowest BCUT2D eigenvalue weighted by Gasteiger charge is -2.07. The molecule has 0 saturated heterocycles. The van der Waals surface area contributed by atoms with E-state index >= 15 is 0 Å². The minimum Gasteiger partial charge on any atom is -0.352 e. The van der Waals surface area contributed by atoms with Crippen molar-refractivity contribution in [3.05, 3.63) is 35.4 Å². The van der Waals surface area contributed by atoms with Crippen molar-refractivity contribution < 1.29 is 4.79 Å². The number of nitrogens with two attached hydrogens (primary N) is 1. The molecular weight excluding hydrogens is 212 g/mol. The quantitative estimate of drug-likeness (QED) is 0.768. The molecule has 3 nitrogen and oxygen atoms in total. The van der Waals surface area contributed by atoms with Crippen LogP contribution in [0, 0.1) is 17.8 Å². The number of carbonyl (C=O) groups excluding carboxylic acids is 1. The molecule has 1 amide bonds. The highest BCUT2D eigenvalue weighted by atomic mass is 16.1. The van der Waals surface area contributed by atoms with Crippen molar-refractivity contribution in [2.45, 2.75) is 20.4 Å². The van der Waals surface area contributed by atoms with Gasteiger partial charge < -0.3 is 11.1 Å². The topological polar surface area (TPSA) is 55.1 Å². The highest BCUT2D eigenvalue weighted by molar-refractivity contribution is 5.77. The van der Waals surface area contributed by atoms with Gasteiger partial charge in [0.15, 0.2) is 0 Å². The van der Waals surface area contributed by atoms with Crippen molar-refractivity contribution in [2.24, 2.45) is 11.7 Å². The van der Waals surface area contributed by atoms with E-state index < -0.39 is 0 Å². The summed E-state index contributed by atoms with van der Waals surface area (Å²) in [7, 11) is 0. The third-order valence-corrected chi connectivity index (χ3v) is 2.25. The molecule has 0 aromatic heterocycles. The largest absolute Gasteiger partial charge is 0.352 e. The highest BCUT2D eigenvalue weighted by Crippen LogP contribution is 2.04. The van der Waals surface area contributed by atoms with Crippen molar-refractivity contribution in [2.75, 3.05) is 6.54 Å². The number of carbonyl (C=O) groups is 1. The second-order valence-corrected chi connectivity index (χ2v) is 4.08. The van der Waals surface area contributed by atoms with Crippen LogP contribution in [0.1, 0.15) is 25.0 Å². The first kappa shape index (κ1) is 13.3. The number of hydrogen-bond donors (Lipinski definition) is 2. The first-order valence-electron chi connectivity index (χ1n) is 5.69. The molecule has 0 fully saturated rings. The molecule has 3 heteroatoms. The second kappa shape index (κ2) is 6.72. The SMILES string of the molecule is CC(C)C(=O)NCc1cccc(C#CCN)c1. The van der Waals surface area contributed by atoms with Gasteiger partial charge in [0.2, 0.25) is 5.91 Å². The third kappa shape index (κ3) is 4.71. The maximum atomic E-state index is 11.4. The molecule has 0 unspecified atom stereocenters. The van der Waals surface area contributed by atoms with E-state index in [-0.39, 0.29) is 11.8 Å². The van der Waals surface area contributed by atoms with E-state index in [0.29, 0.717) is 13.1 Å².